The van der Waals surface area contributed by atoms with Crippen LogP contribution in [0.4, 0.5) is 0 Å². The fourth-order valence-electron chi connectivity index (χ4n) is 5.54. The van der Waals surface area contributed by atoms with E-state index in [-0.39, 0.29) is 15.9 Å². The Kier molecular flexibility index (Phi) is 14.7. The van der Waals surface area contributed by atoms with Crippen molar-refractivity contribution in [1.82, 2.24) is 29.4 Å². The van der Waals surface area contributed by atoms with E-state index in [1.807, 2.05) is 0 Å². The van der Waals surface area contributed by atoms with Crippen molar-refractivity contribution in [3.05, 3.63) is 110 Å². The van der Waals surface area contributed by atoms with Crippen LogP contribution in [0, 0.1) is 13.3 Å². The molecule has 3 heterocycles. The molecule has 0 atom stereocenters. The molecular formula is C32H44Cl2N6Pd-2. The van der Waals surface area contributed by atoms with Crippen LogP contribution in [0.2, 0.25) is 0 Å². The molecule has 2 aromatic carbocycles. The molecular weight excluding hydrogens is 646 g/mol. The molecule has 5 rings (SSSR count). The van der Waals surface area contributed by atoms with Crippen molar-refractivity contribution in [2.45, 2.75) is 38.8 Å². The van der Waals surface area contributed by atoms with E-state index in [9.17, 15) is 0 Å². The molecule has 0 aliphatic carbocycles. The molecule has 0 N–H and O–H groups in total. The van der Waals surface area contributed by atoms with E-state index in [4.69, 9.17) is 19.1 Å². The molecule has 3 aliphatic rings. The van der Waals surface area contributed by atoms with Crippen molar-refractivity contribution in [3.8, 4) is 0 Å². The van der Waals surface area contributed by atoms with E-state index in [0.717, 1.165) is 91.1 Å². The topological polar surface area (TPSA) is 19.4 Å². The van der Waals surface area contributed by atoms with Gasteiger partial charge >= 0.3 is 35.0 Å². The molecule has 0 spiro atoms. The molecule has 9 heteroatoms. The van der Waals surface area contributed by atoms with Gasteiger partial charge in [0.1, 0.15) is 0 Å². The number of nitrogens with zero attached hydrogens (tertiary/aromatic N) is 6. The molecule has 41 heavy (non-hydrogen) atoms. The summed E-state index contributed by atoms with van der Waals surface area (Å²) < 4.78 is 0. The monoisotopic (exact) mass is 688 g/mol. The minimum absolute atomic E-state index is 0.106. The van der Waals surface area contributed by atoms with Crippen LogP contribution in [0.3, 0.4) is 0 Å². The Bertz CT molecular complexity index is 910. The maximum absolute atomic E-state index is 4.81. The number of benzene rings is 2. The van der Waals surface area contributed by atoms with Gasteiger partial charge in [-0.25, -0.2) is 0 Å². The van der Waals surface area contributed by atoms with Crippen LogP contribution < -0.4 is 0 Å². The van der Waals surface area contributed by atoms with Gasteiger partial charge in [-0.05, 0) is 87.8 Å². The number of hydrogen-bond acceptors (Lipinski definition) is 6. The zero-order valence-electron chi connectivity index (χ0n) is 23.9. The molecule has 0 amide bonds. The van der Waals surface area contributed by atoms with Crippen molar-refractivity contribution in [1.29, 1.82) is 0 Å². The summed E-state index contributed by atoms with van der Waals surface area (Å²) >= 11 is -0.106. The van der Waals surface area contributed by atoms with Crippen molar-refractivity contribution in [3.63, 3.8) is 0 Å². The first-order valence-electron chi connectivity index (χ1n) is 14.7. The fourth-order valence-corrected chi connectivity index (χ4v) is 5.54. The molecule has 0 aromatic heterocycles. The van der Waals surface area contributed by atoms with Crippen molar-refractivity contribution >= 4 is 19.1 Å². The summed E-state index contributed by atoms with van der Waals surface area (Å²) in [4.78, 5) is 14.7. The second-order valence-electron chi connectivity index (χ2n) is 10.8. The van der Waals surface area contributed by atoms with Crippen molar-refractivity contribution < 1.29 is 15.9 Å². The molecule has 2 aromatic rings. The van der Waals surface area contributed by atoms with Gasteiger partial charge in [-0.3, -0.25) is 9.80 Å². The Morgan fingerprint density at radius 2 is 0.780 bits per heavy atom. The van der Waals surface area contributed by atoms with Gasteiger partial charge in [0.2, 0.25) is 0 Å². The normalized spacial score (nSPS) is 19.9. The van der Waals surface area contributed by atoms with Gasteiger partial charge in [-0.2, -0.15) is 13.3 Å². The summed E-state index contributed by atoms with van der Waals surface area (Å²) in [5, 5.41) is 0. The van der Waals surface area contributed by atoms with Gasteiger partial charge in [-0.15, -0.1) is 0 Å². The molecule has 1 fully saturated rings. The first-order valence-corrected chi connectivity index (χ1v) is 18.7. The standard InChI is InChI=1S/C32H44N6.2ClH.Pd/c1-3-11-31(12-4-1)27-33-15-7-19-35-23-25-37(29-35)21-9-17-34(28-32-13-5-2-6-14-32)18-10-22-38-26-24-36(30-38)20-8-16-33;;;/h1-6,11-14,23-26,29-30H,7-10,15-22,27-28H2;2*1H;/q-2;;;+2/p-2. The van der Waals surface area contributed by atoms with Crippen LogP contribution >= 0.6 is 19.1 Å². The quantitative estimate of drug-likeness (QED) is 0.273. The average Bonchev–Trinajstić information content (AvgIpc) is 3.63. The SMILES string of the molecule is C1=CN2[CH-]N1CCCN(Cc1ccccc1)CCCN1C=CN([CH-]1)CCCN(Cc1ccccc1)CCC2.[Cl][Pd][Cl]. The van der Waals surface area contributed by atoms with Gasteiger partial charge in [0.25, 0.3) is 0 Å². The second-order valence-corrected chi connectivity index (χ2v) is 13.1. The van der Waals surface area contributed by atoms with Crippen molar-refractivity contribution in [2.75, 3.05) is 52.4 Å². The van der Waals surface area contributed by atoms with Gasteiger partial charge in [0, 0.05) is 39.3 Å². The Morgan fingerprint density at radius 1 is 0.488 bits per heavy atom. The van der Waals surface area contributed by atoms with E-state index < -0.39 is 0 Å². The van der Waals surface area contributed by atoms with Gasteiger partial charge in [0.05, 0.1) is 0 Å². The molecule has 3 aliphatic heterocycles. The number of fused-ring (bicyclic) bond motifs is 4. The summed E-state index contributed by atoms with van der Waals surface area (Å²) in [7, 11) is 9.63. The van der Waals surface area contributed by atoms with Gasteiger partial charge in [0.15, 0.2) is 0 Å². The molecule has 0 radical (unpaired) electrons. The van der Waals surface area contributed by atoms with Gasteiger partial charge < -0.3 is 19.6 Å². The van der Waals surface area contributed by atoms with Crippen LogP contribution in [-0.4, -0.2) is 81.8 Å². The van der Waals surface area contributed by atoms with E-state index in [0.29, 0.717) is 0 Å². The predicted molar refractivity (Wildman–Crippen MR) is 167 cm³/mol. The molecule has 4 bridgehead atoms. The number of halogens is 2. The average molecular weight is 690 g/mol. The molecule has 0 unspecified atom stereocenters. The fraction of sp³-hybridized carbons (Fsp3) is 0.438. The van der Waals surface area contributed by atoms with Crippen LogP contribution in [-0.2, 0) is 29.0 Å². The third-order valence-corrected chi connectivity index (χ3v) is 7.55. The Labute approximate surface area is 264 Å². The van der Waals surface area contributed by atoms with Crippen LogP contribution in [0.1, 0.15) is 36.8 Å². The van der Waals surface area contributed by atoms with Crippen LogP contribution in [0.5, 0.6) is 0 Å². The van der Waals surface area contributed by atoms with Crippen molar-refractivity contribution in [2.24, 2.45) is 0 Å². The van der Waals surface area contributed by atoms with Crippen LogP contribution in [0.15, 0.2) is 85.5 Å². The summed E-state index contributed by atoms with van der Waals surface area (Å²) in [5.74, 6) is 0. The summed E-state index contributed by atoms with van der Waals surface area (Å²) in [5.41, 5.74) is 2.81. The summed E-state index contributed by atoms with van der Waals surface area (Å²) in [6, 6.07) is 21.8. The van der Waals surface area contributed by atoms with E-state index in [1.165, 1.54) is 11.1 Å². The third kappa shape index (κ3) is 12.2. The van der Waals surface area contributed by atoms with Gasteiger partial charge in [-0.1, -0.05) is 60.7 Å². The Balaban J connectivity index is 0.00000124. The summed E-state index contributed by atoms with van der Waals surface area (Å²) in [6.07, 6.45) is 13.6. The first-order chi connectivity index (χ1) is 20.2. The zero-order valence-corrected chi connectivity index (χ0v) is 27.0. The molecule has 1 saturated heterocycles. The molecule has 0 saturated carbocycles. The maximum atomic E-state index is 4.81. The van der Waals surface area contributed by atoms with E-state index in [2.05, 4.69) is 128 Å². The first kappa shape index (κ1) is 32.2. The second kappa shape index (κ2) is 18.7. The zero-order chi connectivity index (χ0) is 28.5. The third-order valence-electron chi connectivity index (χ3n) is 7.55. The molecule has 228 valence electrons. The molecule has 6 nitrogen and oxygen atoms in total. The minimum atomic E-state index is -0.106. The van der Waals surface area contributed by atoms with E-state index >= 15 is 0 Å². The van der Waals surface area contributed by atoms with E-state index in [1.54, 1.807) is 0 Å². The Morgan fingerprint density at radius 3 is 1.07 bits per heavy atom. The number of rotatable bonds is 4. The Hall–Kier alpha value is -1.72. The van der Waals surface area contributed by atoms with Crippen LogP contribution in [0.25, 0.3) is 0 Å². The summed E-state index contributed by atoms with van der Waals surface area (Å²) in [6.45, 7) is 15.4. The number of hydrogen-bond donors (Lipinski definition) is 0. The predicted octanol–water partition coefficient (Wildman–Crippen LogP) is 6.36.